The van der Waals surface area contributed by atoms with Crippen LogP contribution in [0.5, 0.6) is 5.75 Å². The van der Waals surface area contributed by atoms with E-state index < -0.39 is 0 Å². The Kier molecular flexibility index (Phi) is 2.82. The van der Waals surface area contributed by atoms with Gasteiger partial charge in [0.25, 0.3) is 0 Å². The third-order valence-corrected chi connectivity index (χ3v) is 3.03. The van der Waals surface area contributed by atoms with Crippen LogP contribution in [0.3, 0.4) is 0 Å². The smallest absolute Gasteiger partial charge is 0.203 e. The van der Waals surface area contributed by atoms with E-state index in [0.29, 0.717) is 17.4 Å². The number of aliphatic hydroxyl groups is 1. The largest absolute Gasteiger partial charge is 0.490 e. The van der Waals surface area contributed by atoms with Crippen molar-refractivity contribution in [3.8, 4) is 5.75 Å². The Morgan fingerprint density at radius 1 is 1.56 bits per heavy atom. The van der Waals surface area contributed by atoms with Crippen molar-refractivity contribution in [1.29, 1.82) is 0 Å². The summed E-state index contributed by atoms with van der Waals surface area (Å²) in [6, 6.07) is 0. The molecule has 0 unspecified atom stereocenters. The molecule has 0 atom stereocenters. The van der Waals surface area contributed by atoms with E-state index in [0.717, 1.165) is 19.3 Å². The molecular weight excluding hydrogens is 208 g/mol. The molecule has 0 aliphatic heterocycles. The van der Waals surface area contributed by atoms with Gasteiger partial charge >= 0.3 is 0 Å². The first kappa shape index (κ1) is 10.9. The van der Waals surface area contributed by atoms with Crippen LogP contribution in [0.2, 0.25) is 0 Å². The molecule has 0 radical (unpaired) electrons. The molecule has 1 heterocycles. The number of hydrogen-bond acceptors (Lipinski definition) is 6. The molecular formula is C10H16N4O2. The number of nitrogens with two attached hydrogens (primary N) is 1. The van der Waals surface area contributed by atoms with Crippen molar-refractivity contribution in [2.45, 2.75) is 24.8 Å². The van der Waals surface area contributed by atoms with E-state index in [1.807, 2.05) is 0 Å². The van der Waals surface area contributed by atoms with Gasteiger partial charge in [-0.1, -0.05) is 0 Å². The molecule has 1 aliphatic carbocycles. The fourth-order valence-corrected chi connectivity index (χ4v) is 1.86. The SMILES string of the molecule is COc1c(N)ncnc1NC1(CO)CCC1. The Balaban J connectivity index is 2.23. The maximum atomic E-state index is 9.35. The Bertz CT molecular complexity index is 374. The number of aliphatic hydroxyl groups excluding tert-OH is 1. The van der Waals surface area contributed by atoms with E-state index in [1.54, 1.807) is 0 Å². The minimum atomic E-state index is -0.270. The molecule has 4 N–H and O–H groups in total. The van der Waals surface area contributed by atoms with Gasteiger partial charge in [-0.15, -0.1) is 0 Å². The van der Waals surface area contributed by atoms with Crippen molar-refractivity contribution in [2.75, 3.05) is 24.8 Å². The second-order valence-corrected chi connectivity index (χ2v) is 4.06. The van der Waals surface area contributed by atoms with Crippen LogP contribution in [0.15, 0.2) is 6.33 Å². The first-order valence-electron chi connectivity index (χ1n) is 5.24. The number of nitrogens with zero attached hydrogens (tertiary/aromatic N) is 2. The van der Waals surface area contributed by atoms with Crippen molar-refractivity contribution < 1.29 is 9.84 Å². The molecule has 0 bridgehead atoms. The lowest BCUT2D eigenvalue weighted by Crippen LogP contribution is -2.48. The number of ether oxygens (including phenoxy) is 1. The first-order chi connectivity index (χ1) is 7.71. The lowest BCUT2D eigenvalue weighted by molar-refractivity contribution is 0.143. The van der Waals surface area contributed by atoms with E-state index in [-0.39, 0.29) is 12.1 Å². The molecule has 88 valence electrons. The summed E-state index contributed by atoms with van der Waals surface area (Å²) >= 11 is 0. The number of nitrogen functional groups attached to an aromatic ring is 1. The fourth-order valence-electron chi connectivity index (χ4n) is 1.86. The molecule has 1 aromatic rings. The average Bonchev–Trinajstić information content (AvgIpc) is 2.23. The van der Waals surface area contributed by atoms with Gasteiger partial charge in [0.1, 0.15) is 6.33 Å². The number of anilines is 2. The zero-order valence-electron chi connectivity index (χ0n) is 9.23. The molecule has 6 nitrogen and oxygen atoms in total. The highest BCUT2D eigenvalue weighted by atomic mass is 16.5. The minimum absolute atomic E-state index is 0.0834. The molecule has 0 aromatic carbocycles. The van der Waals surface area contributed by atoms with Crippen LogP contribution in [0.25, 0.3) is 0 Å². The molecule has 1 aromatic heterocycles. The number of hydrogen-bond donors (Lipinski definition) is 3. The van der Waals surface area contributed by atoms with Crippen LogP contribution in [-0.2, 0) is 0 Å². The molecule has 2 rings (SSSR count). The monoisotopic (exact) mass is 224 g/mol. The third kappa shape index (κ3) is 1.76. The van der Waals surface area contributed by atoms with Crippen molar-refractivity contribution in [3.63, 3.8) is 0 Å². The van der Waals surface area contributed by atoms with Crippen LogP contribution in [-0.4, -0.2) is 34.3 Å². The number of methoxy groups -OCH3 is 1. The second kappa shape index (κ2) is 4.13. The zero-order chi connectivity index (χ0) is 11.6. The Labute approximate surface area is 93.9 Å². The summed E-state index contributed by atoms with van der Waals surface area (Å²) in [5.74, 6) is 1.28. The summed E-state index contributed by atoms with van der Waals surface area (Å²) < 4.78 is 5.14. The van der Waals surface area contributed by atoms with Crippen LogP contribution in [0.4, 0.5) is 11.6 Å². The van der Waals surface area contributed by atoms with Gasteiger partial charge < -0.3 is 20.9 Å². The molecule has 0 spiro atoms. The summed E-state index contributed by atoms with van der Waals surface area (Å²) in [5.41, 5.74) is 5.40. The lowest BCUT2D eigenvalue weighted by Gasteiger charge is -2.41. The van der Waals surface area contributed by atoms with Gasteiger partial charge in [-0.3, -0.25) is 0 Å². The topological polar surface area (TPSA) is 93.3 Å². The molecule has 16 heavy (non-hydrogen) atoms. The van der Waals surface area contributed by atoms with Gasteiger partial charge in [-0.25, -0.2) is 9.97 Å². The Morgan fingerprint density at radius 2 is 2.31 bits per heavy atom. The van der Waals surface area contributed by atoms with E-state index in [2.05, 4.69) is 15.3 Å². The van der Waals surface area contributed by atoms with Crippen LogP contribution < -0.4 is 15.8 Å². The van der Waals surface area contributed by atoms with Gasteiger partial charge in [0.2, 0.25) is 5.75 Å². The quantitative estimate of drug-likeness (QED) is 0.685. The van der Waals surface area contributed by atoms with Crippen LogP contribution in [0.1, 0.15) is 19.3 Å². The van der Waals surface area contributed by atoms with Gasteiger partial charge in [-0.2, -0.15) is 0 Å². The van der Waals surface area contributed by atoms with Crippen LogP contribution >= 0.6 is 0 Å². The summed E-state index contributed by atoms with van der Waals surface area (Å²) in [7, 11) is 1.52. The Hall–Kier alpha value is -1.56. The van der Waals surface area contributed by atoms with Crippen molar-refractivity contribution >= 4 is 11.6 Å². The highest BCUT2D eigenvalue weighted by Gasteiger charge is 2.37. The molecule has 1 fully saturated rings. The van der Waals surface area contributed by atoms with E-state index in [9.17, 15) is 5.11 Å². The van der Waals surface area contributed by atoms with Gasteiger partial charge in [0.05, 0.1) is 19.3 Å². The standard InChI is InChI=1S/C10H16N4O2/c1-16-7-8(11)12-6-13-9(7)14-10(5-15)3-2-4-10/h6,15H,2-5H2,1H3,(H3,11,12,13,14). The molecule has 6 heteroatoms. The molecule has 1 aliphatic rings. The minimum Gasteiger partial charge on any atom is -0.490 e. The van der Waals surface area contributed by atoms with Gasteiger partial charge in [-0.05, 0) is 19.3 Å². The van der Waals surface area contributed by atoms with E-state index in [1.165, 1.54) is 13.4 Å². The van der Waals surface area contributed by atoms with Crippen molar-refractivity contribution in [3.05, 3.63) is 6.33 Å². The summed E-state index contributed by atoms with van der Waals surface area (Å²) in [6.07, 6.45) is 4.34. The lowest BCUT2D eigenvalue weighted by atomic mass is 9.77. The Morgan fingerprint density at radius 3 is 2.81 bits per heavy atom. The zero-order valence-corrected chi connectivity index (χ0v) is 9.23. The normalized spacial score (nSPS) is 17.6. The number of nitrogens with one attached hydrogen (secondary N) is 1. The van der Waals surface area contributed by atoms with Gasteiger partial charge in [0.15, 0.2) is 11.6 Å². The van der Waals surface area contributed by atoms with Crippen molar-refractivity contribution in [2.24, 2.45) is 0 Å². The highest BCUT2D eigenvalue weighted by molar-refractivity contribution is 5.62. The fraction of sp³-hybridized carbons (Fsp3) is 0.600. The summed E-state index contributed by atoms with van der Waals surface area (Å²) in [6.45, 7) is 0.0834. The summed E-state index contributed by atoms with van der Waals surface area (Å²) in [4.78, 5) is 7.94. The molecule has 0 amide bonds. The number of aromatic nitrogens is 2. The molecule has 1 saturated carbocycles. The van der Waals surface area contributed by atoms with Crippen LogP contribution in [0, 0.1) is 0 Å². The maximum Gasteiger partial charge on any atom is 0.203 e. The van der Waals surface area contributed by atoms with E-state index in [4.69, 9.17) is 10.5 Å². The highest BCUT2D eigenvalue weighted by Crippen LogP contribution is 2.37. The predicted molar refractivity (Wildman–Crippen MR) is 60.3 cm³/mol. The maximum absolute atomic E-state index is 9.35. The van der Waals surface area contributed by atoms with Crippen molar-refractivity contribution in [1.82, 2.24) is 9.97 Å². The average molecular weight is 224 g/mol. The second-order valence-electron chi connectivity index (χ2n) is 4.06. The third-order valence-electron chi connectivity index (χ3n) is 3.03. The molecule has 0 saturated heterocycles. The first-order valence-corrected chi connectivity index (χ1v) is 5.24. The van der Waals surface area contributed by atoms with Gasteiger partial charge in [0, 0.05) is 0 Å². The summed E-state index contributed by atoms with van der Waals surface area (Å²) in [5, 5.41) is 12.5. The predicted octanol–water partition coefficient (Wildman–Crippen LogP) is 0.394. The number of rotatable bonds is 4. The van der Waals surface area contributed by atoms with E-state index >= 15 is 0 Å².